The quantitative estimate of drug-likeness (QED) is 0.224. The fourth-order valence-electron chi connectivity index (χ4n) is 4.69. The first-order valence-corrected chi connectivity index (χ1v) is 10.9. The van der Waals surface area contributed by atoms with Crippen LogP contribution in [0.5, 0.6) is 0 Å². The Morgan fingerprint density at radius 1 is 0.355 bits per heavy atom. The smallest absolute Gasteiger partial charge is 0.0146 e. The van der Waals surface area contributed by atoms with Gasteiger partial charge in [-0.1, -0.05) is 91.0 Å². The Morgan fingerprint density at radius 2 is 0.774 bits per heavy atom. The first-order valence-electron chi connectivity index (χ1n) is 10.9. The van der Waals surface area contributed by atoms with Crippen LogP contribution in [0.4, 0.5) is 0 Å². The van der Waals surface area contributed by atoms with Gasteiger partial charge in [0.05, 0.1) is 0 Å². The monoisotopic (exact) mass is 398 g/mol. The van der Waals surface area contributed by atoms with E-state index in [-0.39, 0.29) is 0 Å². The summed E-state index contributed by atoms with van der Waals surface area (Å²) in [6.45, 7) is 6.59. The number of hydrogen-bond donors (Lipinski definition) is 0. The van der Waals surface area contributed by atoms with Crippen LogP contribution in [0.25, 0.3) is 43.1 Å². The normalized spacial score (nSPS) is 11.1. The van der Waals surface area contributed by atoms with Crippen LogP contribution >= 0.6 is 0 Å². The molecule has 0 aliphatic rings. The zero-order chi connectivity index (χ0) is 21.4. The molecule has 6 rings (SSSR count). The molecule has 0 aliphatic carbocycles. The molecule has 31 heavy (non-hydrogen) atoms. The zero-order valence-corrected chi connectivity index (χ0v) is 18.3. The molecule has 0 saturated carbocycles. The molecule has 0 bridgehead atoms. The van der Waals surface area contributed by atoms with E-state index in [4.69, 9.17) is 0 Å². The van der Waals surface area contributed by atoms with Gasteiger partial charge in [0.25, 0.3) is 0 Å². The third kappa shape index (κ3) is 3.45. The van der Waals surface area contributed by atoms with Gasteiger partial charge in [0.15, 0.2) is 0 Å². The molecule has 150 valence electrons. The molecule has 0 unspecified atom stereocenters. The van der Waals surface area contributed by atoms with Gasteiger partial charge in [0.1, 0.15) is 0 Å². The van der Waals surface area contributed by atoms with E-state index in [1.54, 1.807) is 0 Å². The van der Waals surface area contributed by atoms with Crippen LogP contribution < -0.4 is 0 Å². The van der Waals surface area contributed by atoms with Gasteiger partial charge < -0.3 is 0 Å². The van der Waals surface area contributed by atoms with Crippen molar-refractivity contribution in [3.63, 3.8) is 0 Å². The Labute approximate surface area is 183 Å². The summed E-state index contributed by atoms with van der Waals surface area (Å²) in [5, 5.41) is 10.8. The molecule has 0 heterocycles. The Morgan fingerprint density at radius 3 is 1.29 bits per heavy atom. The van der Waals surface area contributed by atoms with Gasteiger partial charge in [-0.25, -0.2) is 0 Å². The molecule has 6 aromatic rings. The third-order valence-electron chi connectivity index (χ3n) is 6.43. The number of aryl methyl sites for hydroxylation is 3. The number of fused-ring (bicyclic) bond motifs is 4. The van der Waals surface area contributed by atoms with Gasteiger partial charge >= 0.3 is 0 Å². The topological polar surface area (TPSA) is 0 Å². The van der Waals surface area contributed by atoms with Crippen molar-refractivity contribution >= 4 is 43.1 Å². The lowest BCUT2D eigenvalue weighted by Gasteiger charge is -2.11. The van der Waals surface area contributed by atoms with Crippen molar-refractivity contribution in [2.75, 3.05) is 0 Å². The molecule has 0 saturated heterocycles. The molecule has 0 nitrogen and oxygen atoms in total. The Hall–Kier alpha value is -3.64. The second-order valence-corrected chi connectivity index (χ2v) is 8.34. The molecule has 0 amide bonds. The second-order valence-electron chi connectivity index (χ2n) is 8.34. The fourth-order valence-corrected chi connectivity index (χ4v) is 4.69. The molecular formula is C31H26. The molecule has 0 fully saturated rings. The minimum atomic E-state index is 1.32. The van der Waals surface area contributed by atoms with Crippen molar-refractivity contribution in [3.05, 3.63) is 120 Å². The standard InChI is InChI=1S/C16H14.C15H12/c1-11-13-7-3-5-9-15(13)12(2)16-10-6-4-8-14(11)16;1-11-5-4-8-14-9-12-6-2-3-7-13(12)10-15(11)14/h3-10H,1-2H3;2-10H,1H3. The summed E-state index contributed by atoms with van der Waals surface area (Å²) < 4.78 is 0. The fraction of sp³-hybridized carbons (Fsp3) is 0.0968. The van der Waals surface area contributed by atoms with Crippen LogP contribution in [-0.4, -0.2) is 0 Å². The van der Waals surface area contributed by atoms with Crippen LogP contribution in [-0.2, 0) is 0 Å². The van der Waals surface area contributed by atoms with Crippen molar-refractivity contribution in [1.29, 1.82) is 0 Å². The van der Waals surface area contributed by atoms with Crippen LogP contribution in [0.15, 0.2) is 103 Å². The van der Waals surface area contributed by atoms with Gasteiger partial charge in [-0.05, 0) is 92.7 Å². The van der Waals surface area contributed by atoms with Crippen LogP contribution in [0.1, 0.15) is 16.7 Å². The van der Waals surface area contributed by atoms with Crippen LogP contribution in [0, 0.1) is 20.8 Å². The first kappa shape index (κ1) is 19.3. The largest absolute Gasteiger partial charge is 0.0616 e. The summed E-state index contributed by atoms with van der Waals surface area (Å²) in [4.78, 5) is 0. The lowest BCUT2D eigenvalue weighted by molar-refractivity contribution is 1.52. The molecule has 0 atom stereocenters. The van der Waals surface area contributed by atoms with E-state index in [1.165, 1.54) is 59.8 Å². The van der Waals surface area contributed by atoms with E-state index in [0.29, 0.717) is 0 Å². The number of rotatable bonds is 0. The van der Waals surface area contributed by atoms with E-state index in [0.717, 1.165) is 0 Å². The lowest BCUT2D eigenvalue weighted by atomic mass is 9.93. The average molecular weight is 399 g/mol. The summed E-state index contributed by atoms with van der Waals surface area (Å²) in [6, 6.07) is 36.8. The SMILES string of the molecule is Cc1c2ccccc2c(C)c2ccccc12.Cc1cccc2cc3ccccc3cc12. The van der Waals surface area contributed by atoms with Gasteiger partial charge in [-0.2, -0.15) is 0 Å². The molecule has 0 aliphatic heterocycles. The second kappa shape index (κ2) is 7.89. The molecular weight excluding hydrogens is 372 g/mol. The maximum Gasteiger partial charge on any atom is -0.0146 e. The van der Waals surface area contributed by atoms with Crippen molar-refractivity contribution in [2.45, 2.75) is 20.8 Å². The summed E-state index contributed by atoms with van der Waals surface area (Å²) in [6.07, 6.45) is 0. The van der Waals surface area contributed by atoms with Crippen molar-refractivity contribution in [2.24, 2.45) is 0 Å². The Balaban J connectivity index is 0.000000132. The molecule has 0 N–H and O–H groups in total. The van der Waals surface area contributed by atoms with Crippen LogP contribution in [0.3, 0.4) is 0 Å². The molecule has 0 aromatic heterocycles. The van der Waals surface area contributed by atoms with Crippen molar-refractivity contribution in [1.82, 2.24) is 0 Å². The van der Waals surface area contributed by atoms with Gasteiger partial charge in [-0.15, -0.1) is 0 Å². The van der Waals surface area contributed by atoms with Gasteiger partial charge in [-0.3, -0.25) is 0 Å². The van der Waals surface area contributed by atoms with E-state index in [1.807, 2.05) is 0 Å². The molecule has 0 heteroatoms. The van der Waals surface area contributed by atoms with Gasteiger partial charge in [0, 0.05) is 0 Å². The summed E-state index contributed by atoms with van der Waals surface area (Å²) in [7, 11) is 0. The third-order valence-corrected chi connectivity index (χ3v) is 6.43. The summed E-state index contributed by atoms with van der Waals surface area (Å²) in [5.41, 5.74) is 4.12. The lowest BCUT2D eigenvalue weighted by Crippen LogP contribution is -1.87. The maximum absolute atomic E-state index is 2.28. The molecule has 0 spiro atoms. The first-order chi connectivity index (χ1) is 15.1. The van der Waals surface area contributed by atoms with E-state index >= 15 is 0 Å². The highest BCUT2D eigenvalue weighted by Crippen LogP contribution is 2.31. The maximum atomic E-state index is 2.28. The average Bonchev–Trinajstić information content (AvgIpc) is 2.82. The highest BCUT2D eigenvalue weighted by molar-refractivity contribution is 6.05. The van der Waals surface area contributed by atoms with E-state index in [2.05, 4.69) is 124 Å². The molecule has 0 radical (unpaired) electrons. The van der Waals surface area contributed by atoms with E-state index < -0.39 is 0 Å². The van der Waals surface area contributed by atoms with Crippen molar-refractivity contribution < 1.29 is 0 Å². The number of hydrogen-bond acceptors (Lipinski definition) is 0. The minimum Gasteiger partial charge on any atom is -0.0616 e. The summed E-state index contributed by atoms with van der Waals surface area (Å²) >= 11 is 0. The predicted octanol–water partition coefficient (Wildman–Crippen LogP) is 8.91. The Kier molecular flexibility index (Phi) is 4.92. The van der Waals surface area contributed by atoms with Gasteiger partial charge in [0.2, 0.25) is 0 Å². The predicted molar refractivity (Wildman–Crippen MR) is 137 cm³/mol. The Bertz CT molecular complexity index is 1440. The zero-order valence-electron chi connectivity index (χ0n) is 18.3. The molecule has 6 aromatic carbocycles. The highest BCUT2D eigenvalue weighted by atomic mass is 14.1. The van der Waals surface area contributed by atoms with E-state index in [9.17, 15) is 0 Å². The minimum absolute atomic E-state index is 1.32. The summed E-state index contributed by atoms with van der Waals surface area (Å²) in [5.74, 6) is 0. The highest BCUT2D eigenvalue weighted by Gasteiger charge is 2.06. The van der Waals surface area contributed by atoms with Crippen LogP contribution in [0.2, 0.25) is 0 Å². The van der Waals surface area contributed by atoms with Crippen molar-refractivity contribution in [3.8, 4) is 0 Å². The number of benzene rings is 6.